The van der Waals surface area contributed by atoms with E-state index in [0.29, 0.717) is 17.3 Å². The maximum absolute atomic E-state index is 14.0. The van der Waals surface area contributed by atoms with E-state index in [4.69, 9.17) is 11.6 Å². The molecule has 164 valence electrons. The van der Waals surface area contributed by atoms with Crippen LogP contribution in [0.4, 0.5) is 11.4 Å². The molecule has 0 saturated carbocycles. The van der Waals surface area contributed by atoms with Gasteiger partial charge in [-0.3, -0.25) is 19.3 Å². The Morgan fingerprint density at radius 2 is 1.81 bits per heavy atom. The summed E-state index contributed by atoms with van der Waals surface area (Å²) in [6.45, 7) is 6.54. The highest BCUT2D eigenvalue weighted by molar-refractivity contribution is 6.32. The summed E-state index contributed by atoms with van der Waals surface area (Å²) < 4.78 is 0. The van der Waals surface area contributed by atoms with Crippen LogP contribution in [0.25, 0.3) is 0 Å². The minimum Gasteiger partial charge on any atom is -0.324 e. The Balaban J connectivity index is 1.59. The zero-order chi connectivity index (χ0) is 22.5. The average molecular weight is 450 g/mol. The molecule has 4 aliphatic heterocycles. The average Bonchev–Trinajstić information content (AvgIpc) is 3.43. The van der Waals surface area contributed by atoms with Crippen LogP contribution in [0.15, 0.2) is 30.3 Å². The van der Waals surface area contributed by atoms with Crippen LogP contribution in [-0.4, -0.2) is 35.2 Å². The number of hydrogen-bond acceptors (Lipinski definition) is 4. The molecule has 4 aliphatic rings. The lowest BCUT2D eigenvalue weighted by molar-refractivity contribution is -0.135. The van der Waals surface area contributed by atoms with Gasteiger partial charge in [0.2, 0.25) is 17.7 Å². The van der Waals surface area contributed by atoms with Gasteiger partial charge in [-0.1, -0.05) is 35.4 Å². The molecule has 6 nitrogen and oxygen atoms in total. The molecule has 1 spiro atoms. The molecule has 0 aromatic heterocycles. The first kappa shape index (κ1) is 19.9. The number of amides is 3. The first-order chi connectivity index (χ1) is 15.3. The van der Waals surface area contributed by atoms with Crippen molar-refractivity contribution in [3.8, 4) is 0 Å². The SMILES string of the molecule is Cc1cc(C)c2c(c1)[C@]1(C(=O)N2)[C@@H]2C(=O)N(c3cc(Cl)ccc3C)C(=O)[C@@H]2[C@@H]2CCCN21. The predicted octanol–water partition coefficient (Wildman–Crippen LogP) is 3.70. The van der Waals surface area contributed by atoms with Gasteiger partial charge in [-0.25, -0.2) is 4.90 Å². The molecular formula is C25H24ClN3O3. The molecule has 4 heterocycles. The van der Waals surface area contributed by atoms with Gasteiger partial charge in [-0.15, -0.1) is 0 Å². The fourth-order valence-electron chi connectivity index (χ4n) is 6.72. The van der Waals surface area contributed by atoms with Crippen molar-refractivity contribution in [2.75, 3.05) is 16.8 Å². The fraction of sp³-hybridized carbons (Fsp3) is 0.400. The van der Waals surface area contributed by atoms with E-state index in [9.17, 15) is 14.4 Å². The molecule has 0 aliphatic carbocycles. The van der Waals surface area contributed by atoms with E-state index in [1.807, 2.05) is 39.0 Å². The van der Waals surface area contributed by atoms with E-state index in [1.165, 1.54) is 4.90 Å². The minimum atomic E-state index is -1.15. The zero-order valence-corrected chi connectivity index (χ0v) is 19.0. The first-order valence-electron chi connectivity index (χ1n) is 11.1. The monoisotopic (exact) mass is 449 g/mol. The highest BCUT2D eigenvalue weighted by atomic mass is 35.5. The van der Waals surface area contributed by atoms with E-state index in [2.05, 4.69) is 10.2 Å². The highest BCUT2D eigenvalue weighted by Gasteiger charge is 2.74. The van der Waals surface area contributed by atoms with Crippen LogP contribution in [-0.2, 0) is 19.9 Å². The van der Waals surface area contributed by atoms with Crippen LogP contribution >= 0.6 is 11.6 Å². The Kier molecular flexibility index (Phi) is 4.00. The maximum atomic E-state index is 14.0. The number of benzene rings is 2. The van der Waals surface area contributed by atoms with Gasteiger partial charge < -0.3 is 5.32 Å². The van der Waals surface area contributed by atoms with Crippen molar-refractivity contribution in [3.05, 3.63) is 57.6 Å². The lowest BCUT2D eigenvalue weighted by Gasteiger charge is -2.37. The van der Waals surface area contributed by atoms with Gasteiger partial charge in [-0.2, -0.15) is 0 Å². The van der Waals surface area contributed by atoms with Gasteiger partial charge in [0.25, 0.3) is 0 Å². The smallest absolute Gasteiger partial charge is 0.250 e. The number of hydrogen-bond donors (Lipinski definition) is 1. The number of carbonyl (C=O) groups is 3. The molecule has 3 amide bonds. The van der Waals surface area contributed by atoms with Crippen molar-refractivity contribution in [1.29, 1.82) is 0 Å². The molecule has 3 fully saturated rings. The third-order valence-electron chi connectivity index (χ3n) is 7.86. The number of nitrogens with zero attached hydrogens (tertiary/aromatic N) is 2. The standard InChI is InChI=1S/C25H24ClN3O3/c1-12-9-14(3)21-16(10-12)25(24(32)27-21)20-19(17-5-4-8-28(17)25)22(30)29(23(20)31)18-11-15(26)7-6-13(18)2/h6-7,9-11,17,19-20H,4-5,8H2,1-3H3,(H,27,32)/t17-,19+,20-,25+/m0/s1. The van der Waals surface area contributed by atoms with Gasteiger partial charge in [0, 0.05) is 22.3 Å². The lowest BCUT2D eigenvalue weighted by atomic mass is 9.75. The quantitative estimate of drug-likeness (QED) is 0.674. The number of halogens is 1. The van der Waals surface area contributed by atoms with Crippen molar-refractivity contribution in [1.82, 2.24) is 4.90 Å². The summed E-state index contributed by atoms with van der Waals surface area (Å²) >= 11 is 6.22. The number of nitrogens with one attached hydrogen (secondary N) is 1. The van der Waals surface area contributed by atoms with E-state index in [0.717, 1.165) is 40.8 Å². The number of fused-ring (bicyclic) bond motifs is 7. The summed E-state index contributed by atoms with van der Waals surface area (Å²) in [5.74, 6) is -2.00. The Morgan fingerprint density at radius 3 is 2.59 bits per heavy atom. The normalized spacial score (nSPS) is 30.8. The third kappa shape index (κ3) is 2.22. The molecule has 4 atom stereocenters. The molecule has 0 radical (unpaired) electrons. The van der Waals surface area contributed by atoms with Gasteiger partial charge >= 0.3 is 0 Å². The largest absolute Gasteiger partial charge is 0.324 e. The number of anilines is 2. The van der Waals surface area contributed by atoms with Crippen molar-refractivity contribution < 1.29 is 14.4 Å². The summed E-state index contributed by atoms with van der Waals surface area (Å²) in [5, 5.41) is 3.55. The number of carbonyl (C=O) groups excluding carboxylic acids is 3. The van der Waals surface area contributed by atoms with Gasteiger partial charge in [0.15, 0.2) is 0 Å². The molecule has 3 saturated heterocycles. The second-order valence-corrected chi connectivity index (χ2v) is 10.0. The molecule has 2 aromatic rings. The van der Waals surface area contributed by atoms with Crippen molar-refractivity contribution >= 4 is 40.7 Å². The number of rotatable bonds is 1. The summed E-state index contributed by atoms with van der Waals surface area (Å²) in [4.78, 5) is 45.0. The summed E-state index contributed by atoms with van der Waals surface area (Å²) in [5.41, 5.74) is 3.80. The molecule has 6 rings (SSSR count). The number of imide groups is 1. The van der Waals surface area contributed by atoms with Gasteiger partial charge in [-0.05, 0) is 63.4 Å². The first-order valence-corrected chi connectivity index (χ1v) is 11.5. The zero-order valence-electron chi connectivity index (χ0n) is 18.2. The third-order valence-corrected chi connectivity index (χ3v) is 8.09. The summed E-state index contributed by atoms with van der Waals surface area (Å²) in [6, 6.07) is 9.16. The van der Waals surface area contributed by atoms with Crippen LogP contribution in [0.3, 0.4) is 0 Å². The van der Waals surface area contributed by atoms with Crippen LogP contribution in [0.1, 0.15) is 35.1 Å². The molecule has 7 heteroatoms. The maximum Gasteiger partial charge on any atom is 0.250 e. The lowest BCUT2D eigenvalue weighted by Crippen LogP contribution is -2.54. The summed E-state index contributed by atoms with van der Waals surface area (Å²) in [7, 11) is 0. The van der Waals surface area contributed by atoms with Gasteiger partial charge in [0.1, 0.15) is 5.54 Å². The Hall–Kier alpha value is -2.70. The molecule has 2 aromatic carbocycles. The van der Waals surface area contributed by atoms with Crippen molar-refractivity contribution in [3.63, 3.8) is 0 Å². The molecule has 0 bridgehead atoms. The number of aryl methyl sites for hydroxylation is 3. The second kappa shape index (κ2) is 6.42. The van der Waals surface area contributed by atoms with Crippen LogP contribution in [0.2, 0.25) is 5.02 Å². The van der Waals surface area contributed by atoms with Crippen LogP contribution in [0.5, 0.6) is 0 Å². The van der Waals surface area contributed by atoms with E-state index in [-0.39, 0.29) is 23.8 Å². The molecule has 32 heavy (non-hydrogen) atoms. The highest BCUT2D eigenvalue weighted by Crippen LogP contribution is 2.61. The summed E-state index contributed by atoms with van der Waals surface area (Å²) in [6.07, 6.45) is 1.71. The molecule has 0 unspecified atom stereocenters. The van der Waals surface area contributed by atoms with Crippen LogP contribution < -0.4 is 10.2 Å². The van der Waals surface area contributed by atoms with Crippen molar-refractivity contribution in [2.24, 2.45) is 11.8 Å². The Labute approximate surface area is 191 Å². The van der Waals surface area contributed by atoms with E-state index >= 15 is 0 Å². The molecule has 1 N–H and O–H groups in total. The van der Waals surface area contributed by atoms with Crippen molar-refractivity contribution in [2.45, 2.75) is 45.2 Å². The van der Waals surface area contributed by atoms with E-state index < -0.39 is 17.4 Å². The Morgan fingerprint density at radius 1 is 1.03 bits per heavy atom. The fourth-order valence-corrected chi connectivity index (χ4v) is 6.89. The van der Waals surface area contributed by atoms with Crippen LogP contribution in [0, 0.1) is 32.6 Å². The second-order valence-electron chi connectivity index (χ2n) is 9.57. The predicted molar refractivity (Wildman–Crippen MR) is 122 cm³/mol. The minimum absolute atomic E-state index is 0.126. The molecular weight excluding hydrogens is 426 g/mol. The van der Waals surface area contributed by atoms with Gasteiger partial charge in [0.05, 0.1) is 17.5 Å². The topological polar surface area (TPSA) is 69.7 Å². The Bertz CT molecular complexity index is 1240. The van der Waals surface area contributed by atoms with E-state index in [1.54, 1.807) is 12.1 Å².